The van der Waals surface area contributed by atoms with Gasteiger partial charge >= 0.3 is 6.09 Å². The highest BCUT2D eigenvalue weighted by Crippen LogP contribution is 2.44. The van der Waals surface area contributed by atoms with Gasteiger partial charge in [-0.25, -0.2) is 9.69 Å². The van der Waals surface area contributed by atoms with E-state index in [1.165, 1.54) is 4.90 Å². The third kappa shape index (κ3) is 4.44. The molecular formula is C26H38N2O4. The molecule has 2 atom stereocenters. The van der Waals surface area contributed by atoms with Gasteiger partial charge in [0.25, 0.3) is 5.91 Å². The molecule has 2 saturated heterocycles. The lowest BCUT2D eigenvalue weighted by molar-refractivity contribution is -0.303. The van der Waals surface area contributed by atoms with Crippen LogP contribution >= 0.6 is 0 Å². The molecule has 1 aliphatic carbocycles. The minimum absolute atomic E-state index is 0.143. The third-order valence-electron chi connectivity index (χ3n) is 7.36. The predicted molar refractivity (Wildman–Crippen MR) is 123 cm³/mol. The molecule has 4 rings (SSSR count). The zero-order valence-corrected chi connectivity index (χ0v) is 20.4. The summed E-state index contributed by atoms with van der Waals surface area (Å²) in [5, 5.41) is 2.04. The first-order valence-electron chi connectivity index (χ1n) is 12.0. The first-order chi connectivity index (χ1) is 14.9. The van der Waals surface area contributed by atoms with E-state index in [4.69, 9.17) is 9.57 Å². The summed E-state index contributed by atoms with van der Waals surface area (Å²) in [5.74, 6) is -0.119. The van der Waals surface area contributed by atoms with E-state index < -0.39 is 17.8 Å². The fourth-order valence-electron chi connectivity index (χ4n) is 5.44. The smallest absolute Gasteiger partial charge is 0.417 e. The van der Waals surface area contributed by atoms with Crippen LogP contribution in [0, 0.1) is 5.92 Å². The molecule has 176 valence electrons. The first kappa shape index (κ1) is 23.2. The quantitative estimate of drug-likeness (QED) is 0.613. The van der Waals surface area contributed by atoms with E-state index in [0.717, 1.165) is 37.7 Å². The standard InChI is InChI=1S/C26H38N2O4/c1-24(2)15-10-16-25(3,4)28(24)32-21(19-13-14-19)22(29)27-20(26(5,6)31-23(27)30)17-18-11-8-7-9-12-18/h7-9,11-12,19-21H,10,13-17H2,1-6H3/t20-,21?/m0/s1. The maximum atomic E-state index is 13.9. The van der Waals surface area contributed by atoms with Crippen molar-refractivity contribution in [3.8, 4) is 0 Å². The Morgan fingerprint density at radius 1 is 1.06 bits per heavy atom. The number of imide groups is 1. The Bertz CT molecular complexity index is 844. The minimum Gasteiger partial charge on any atom is -0.441 e. The number of amides is 2. The average molecular weight is 443 g/mol. The molecule has 1 unspecified atom stereocenters. The van der Waals surface area contributed by atoms with Crippen LogP contribution in [-0.4, -0.2) is 50.8 Å². The maximum Gasteiger partial charge on any atom is 0.417 e. The molecule has 1 aromatic rings. The molecule has 1 saturated carbocycles. The molecule has 1 aromatic carbocycles. The number of benzene rings is 1. The maximum absolute atomic E-state index is 13.9. The van der Waals surface area contributed by atoms with Crippen molar-refractivity contribution in [2.24, 2.45) is 5.92 Å². The highest BCUT2D eigenvalue weighted by atomic mass is 16.7. The zero-order valence-electron chi connectivity index (χ0n) is 20.4. The molecule has 3 aliphatic rings. The fourth-order valence-corrected chi connectivity index (χ4v) is 5.44. The second-order valence-electron chi connectivity index (χ2n) is 11.5. The molecule has 0 aromatic heterocycles. The van der Waals surface area contributed by atoms with E-state index in [-0.39, 0.29) is 28.9 Å². The Morgan fingerprint density at radius 3 is 2.22 bits per heavy atom. The highest BCUT2D eigenvalue weighted by molar-refractivity contribution is 5.96. The SMILES string of the molecule is CC1(C)OC(=O)N(C(=O)C(ON2C(C)(C)CCCC2(C)C)C2CC2)[C@H]1Cc1ccccc1. The summed E-state index contributed by atoms with van der Waals surface area (Å²) in [6.07, 6.45) is 4.38. The Morgan fingerprint density at radius 2 is 1.66 bits per heavy atom. The number of carbonyl (C=O) groups is 2. The first-order valence-corrected chi connectivity index (χ1v) is 12.0. The van der Waals surface area contributed by atoms with Crippen LogP contribution in [0.3, 0.4) is 0 Å². The summed E-state index contributed by atoms with van der Waals surface area (Å²) in [4.78, 5) is 34.8. The number of hydrogen-bond acceptors (Lipinski definition) is 5. The lowest BCUT2D eigenvalue weighted by atomic mass is 9.82. The van der Waals surface area contributed by atoms with Gasteiger partial charge in [-0.05, 0) is 91.5 Å². The van der Waals surface area contributed by atoms with Crippen LogP contribution in [0.1, 0.15) is 79.2 Å². The van der Waals surface area contributed by atoms with Crippen molar-refractivity contribution in [2.75, 3.05) is 0 Å². The molecule has 0 N–H and O–H groups in total. The molecule has 2 aliphatic heterocycles. The van der Waals surface area contributed by atoms with Crippen LogP contribution in [0.4, 0.5) is 4.79 Å². The van der Waals surface area contributed by atoms with Crippen molar-refractivity contribution in [1.82, 2.24) is 9.96 Å². The van der Waals surface area contributed by atoms with Gasteiger partial charge in [-0.15, -0.1) is 0 Å². The van der Waals surface area contributed by atoms with Crippen molar-refractivity contribution in [3.05, 3.63) is 35.9 Å². The Balaban J connectivity index is 1.61. The van der Waals surface area contributed by atoms with E-state index in [1.807, 2.05) is 49.2 Å². The van der Waals surface area contributed by atoms with Gasteiger partial charge in [0.05, 0.1) is 6.04 Å². The van der Waals surface area contributed by atoms with Crippen molar-refractivity contribution in [1.29, 1.82) is 0 Å². The van der Waals surface area contributed by atoms with E-state index in [1.54, 1.807) is 0 Å². The zero-order chi connectivity index (χ0) is 23.3. The highest BCUT2D eigenvalue weighted by Gasteiger charge is 2.55. The van der Waals surface area contributed by atoms with Gasteiger partial charge in [-0.2, -0.15) is 5.06 Å². The largest absolute Gasteiger partial charge is 0.441 e. The summed E-state index contributed by atoms with van der Waals surface area (Å²) in [5.41, 5.74) is -0.0449. The molecule has 2 heterocycles. The number of nitrogens with zero attached hydrogens (tertiary/aromatic N) is 2. The number of carbonyl (C=O) groups excluding carboxylic acids is 2. The van der Waals surface area contributed by atoms with Crippen LogP contribution in [0.15, 0.2) is 30.3 Å². The van der Waals surface area contributed by atoms with Gasteiger partial charge in [-0.1, -0.05) is 30.3 Å². The normalized spacial score (nSPS) is 27.8. The third-order valence-corrected chi connectivity index (χ3v) is 7.36. The number of cyclic esters (lactones) is 1. The van der Waals surface area contributed by atoms with Crippen LogP contribution in [0.5, 0.6) is 0 Å². The molecule has 6 heteroatoms. The minimum atomic E-state index is -0.764. The van der Waals surface area contributed by atoms with Crippen LogP contribution in [0.25, 0.3) is 0 Å². The molecule has 0 spiro atoms. The predicted octanol–water partition coefficient (Wildman–Crippen LogP) is 5.11. The van der Waals surface area contributed by atoms with Gasteiger partial charge in [0.15, 0.2) is 6.10 Å². The van der Waals surface area contributed by atoms with Crippen LogP contribution in [0.2, 0.25) is 0 Å². The topological polar surface area (TPSA) is 59.1 Å². The van der Waals surface area contributed by atoms with Gasteiger partial charge in [0, 0.05) is 11.1 Å². The molecule has 32 heavy (non-hydrogen) atoms. The van der Waals surface area contributed by atoms with E-state index in [0.29, 0.717) is 6.42 Å². The summed E-state index contributed by atoms with van der Waals surface area (Å²) in [6, 6.07) is 9.58. The Labute approximate surface area is 192 Å². The lowest BCUT2D eigenvalue weighted by Crippen LogP contribution is -2.61. The number of hydrogen-bond donors (Lipinski definition) is 0. The second-order valence-corrected chi connectivity index (χ2v) is 11.5. The van der Waals surface area contributed by atoms with Crippen LogP contribution in [-0.2, 0) is 20.8 Å². The molecule has 2 amide bonds. The van der Waals surface area contributed by atoms with Crippen molar-refractivity contribution >= 4 is 12.0 Å². The lowest BCUT2D eigenvalue weighted by Gasteiger charge is -2.52. The summed E-state index contributed by atoms with van der Waals surface area (Å²) in [6.45, 7) is 12.5. The number of rotatable bonds is 6. The number of hydroxylamine groups is 2. The fraction of sp³-hybridized carbons (Fsp3) is 0.692. The second kappa shape index (κ2) is 8.14. The monoisotopic (exact) mass is 442 g/mol. The Kier molecular flexibility index (Phi) is 5.91. The Hall–Kier alpha value is -1.92. The van der Waals surface area contributed by atoms with E-state index in [9.17, 15) is 9.59 Å². The summed E-state index contributed by atoms with van der Waals surface area (Å²) in [7, 11) is 0. The average Bonchev–Trinajstić information content (AvgIpc) is 3.48. The van der Waals surface area contributed by atoms with Crippen molar-refractivity contribution in [2.45, 2.75) is 109 Å². The molecule has 3 fully saturated rings. The van der Waals surface area contributed by atoms with Gasteiger partial charge in [-0.3, -0.25) is 9.63 Å². The summed E-state index contributed by atoms with van der Waals surface area (Å²) < 4.78 is 5.69. The van der Waals surface area contributed by atoms with Crippen molar-refractivity contribution < 1.29 is 19.2 Å². The van der Waals surface area contributed by atoms with Gasteiger partial charge in [0.1, 0.15) is 5.60 Å². The number of ether oxygens (including phenoxy) is 1. The van der Waals surface area contributed by atoms with Gasteiger partial charge < -0.3 is 4.74 Å². The van der Waals surface area contributed by atoms with Crippen molar-refractivity contribution in [3.63, 3.8) is 0 Å². The summed E-state index contributed by atoms with van der Waals surface area (Å²) >= 11 is 0. The molecule has 6 nitrogen and oxygen atoms in total. The molecule has 0 radical (unpaired) electrons. The van der Waals surface area contributed by atoms with Gasteiger partial charge in [0.2, 0.25) is 0 Å². The number of piperidine rings is 1. The van der Waals surface area contributed by atoms with Crippen LogP contribution < -0.4 is 0 Å². The molecule has 0 bridgehead atoms. The van der Waals surface area contributed by atoms with E-state index in [2.05, 4.69) is 27.7 Å². The molecular weight excluding hydrogens is 404 g/mol. The van der Waals surface area contributed by atoms with E-state index >= 15 is 0 Å².